The first-order chi connectivity index (χ1) is 4.52. The van der Waals surface area contributed by atoms with Gasteiger partial charge in [0, 0.05) is 0 Å². The summed E-state index contributed by atoms with van der Waals surface area (Å²) in [5, 5.41) is 8.60. The Kier molecular flexibility index (Phi) is 1.68. The monoisotopic (exact) mass is 152 g/mol. The Morgan fingerprint density at radius 3 is 2.30 bits per heavy atom. The fraction of sp³-hybridized carbons (Fsp3) is 1.00. The van der Waals surface area contributed by atoms with Gasteiger partial charge in [0.05, 0.1) is 18.6 Å². The molecule has 0 spiro atoms. The van der Waals surface area contributed by atoms with Gasteiger partial charge in [-0.3, -0.25) is 0 Å². The second-order valence-corrected chi connectivity index (χ2v) is 2.92. The third kappa shape index (κ3) is 0.914. The van der Waals surface area contributed by atoms with Crippen molar-refractivity contribution in [1.29, 1.82) is 0 Å². The average molecular weight is 152 g/mol. The molecule has 1 N–H and O–H groups in total. The van der Waals surface area contributed by atoms with Crippen LogP contribution in [0.2, 0.25) is 0 Å². The highest BCUT2D eigenvalue weighted by Gasteiger charge is 2.54. The minimum absolute atomic E-state index is 0.0590. The molecular formula is C6H10F2O2. The van der Waals surface area contributed by atoms with Crippen molar-refractivity contribution >= 4 is 0 Å². The van der Waals surface area contributed by atoms with E-state index in [1.807, 2.05) is 0 Å². The molecule has 0 aliphatic carbocycles. The molecule has 1 heterocycles. The number of halogens is 2. The number of aliphatic hydroxyl groups excluding tert-OH is 1. The van der Waals surface area contributed by atoms with Crippen molar-refractivity contribution in [2.75, 3.05) is 19.8 Å². The summed E-state index contributed by atoms with van der Waals surface area (Å²) < 4.78 is 30.0. The lowest BCUT2D eigenvalue weighted by molar-refractivity contribution is -0.0978. The zero-order valence-corrected chi connectivity index (χ0v) is 5.73. The zero-order chi connectivity index (χ0) is 7.83. The summed E-state index contributed by atoms with van der Waals surface area (Å²) in [5.41, 5.74) is -1.37. The smallest absolute Gasteiger partial charge is 0.280 e. The van der Waals surface area contributed by atoms with Crippen molar-refractivity contribution in [1.82, 2.24) is 0 Å². The Morgan fingerprint density at radius 1 is 1.50 bits per heavy atom. The summed E-state index contributed by atoms with van der Waals surface area (Å²) in [5.74, 6) is -2.87. The molecule has 2 nitrogen and oxygen atoms in total. The molecule has 0 radical (unpaired) electrons. The lowest BCUT2D eigenvalue weighted by atomic mass is 9.88. The van der Waals surface area contributed by atoms with Crippen LogP contribution in [0.4, 0.5) is 8.78 Å². The number of hydrogen-bond donors (Lipinski definition) is 1. The standard InChI is InChI=1S/C6H10F2O2/c1-5(2-9)3-10-4-6(5,7)8/h9H,2-4H2,1H3/t5-/m0/s1. The van der Waals surface area contributed by atoms with Crippen LogP contribution >= 0.6 is 0 Å². The van der Waals surface area contributed by atoms with E-state index in [9.17, 15) is 8.78 Å². The highest BCUT2D eigenvalue weighted by atomic mass is 19.3. The molecule has 10 heavy (non-hydrogen) atoms. The van der Waals surface area contributed by atoms with Gasteiger partial charge in [0.15, 0.2) is 0 Å². The largest absolute Gasteiger partial charge is 0.395 e. The molecule has 1 atom stereocenters. The first-order valence-electron chi connectivity index (χ1n) is 3.08. The lowest BCUT2D eigenvalue weighted by Gasteiger charge is -2.25. The van der Waals surface area contributed by atoms with Crippen LogP contribution in [0, 0.1) is 5.41 Å². The quantitative estimate of drug-likeness (QED) is 0.597. The Bertz CT molecular complexity index is 138. The summed E-state index contributed by atoms with van der Waals surface area (Å²) >= 11 is 0. The molecule has 0 aromatic rings. The van der Waals surface area contributed by atoms with Crippen LogP contribution < -0.4 is 0 Å². The molecule has 4 heteroatoms. The minimum Gasteiger partial charge on any atom is -0.395 e. The maximum absolute atomic E-state index is 12.7. The average Bonchev–Trinajstić information content (AvgIpc) is 2.10. The molecule has 0 aromatic heterocycles. The van der Waals surface area contributed by atoms with Crippen molar-refractivity contribution in [2.45, 2.75) is 12.8 Å². The normalized spacial score (nSPS) is 38.4. The summed E-state index contributed by atoms with van der Waals surface area (Å²) in [4.78, 5) is 0. The van der Waals surface area contributed by atoms with Gasteiger partial charge < -0.3 is 9.84 Å². The van der Waals surface area contributed by atoms with Gasteiger partial charge in [0.25, 0.3) is 5.92 Å². The Morgan fingerprint density at radius 2 is 2.10 bits per heavy atom. The van der Waals surface area contributed by atoms with E-state index in [4.69, 9.17) is 5.11 Å². The van der Waals surface area contributed by atoms with Crippen LogP contribution in [0.3, 0.4) is 0 Å². The second kappa shape index (κ2) is 2.13. The first kappa shape index (κ1) is 7.88. The fourth-order valence-corrected chi connectivity index (χ4v) is 0.846. The van der Waals surface area contributed by atoms with Gasteiger partial charge in [-0.15, -0.1) is 0 Å². The minimum atomic E-state index is -2.87. The Labute approximate surface area is 57.8 Å². The summed E-state index contributed by atoms with van der Waals surface area (Å²) in [6.45, 7) is 0.167. The molecule has 1 rings (SSSR count). The predicted molar refractivity (Wildman–Crippen MR) is 31.0 cm³/mol. The van der Waals surface area contributed by atoms with Crippen LogP contribution in [0.25, 0.3) is 0 Å². The molecule has 1 aliphatic heterocycles. The van der Waals surface area contributed by atoms with Gasteiger partial charge in [-0.2, -0.15) is 0 Å². The number of rotatable bonds is 1. The molecular weight excluding hydrogens is 142 g/mol. The molecule has 60 valence electrons. The summed E-state index contributed by atoms with van der Waals surface area (Å²) in [6, 6.07) is 0. The van der Waals surface area contributed by atoms with E-state index in [1.54, 1.807) is 0 Å². The van der Waals surface area contributed by atoms with E-state index in [0.29, 0.717) is 0 Å². The molecule has 1 fully saturated rings. The molecule has 0 amide bonds. The predicted octanol–water partition coefficient (Wildman–Crippen LogP) is 0.650. The van der Waals surface area contributed by atoms with E-state index < -0.39 is 24.6 Å². The van der Waals surface area contributed by atoms with E-state index in [0.717, 1.165) is 0 Å². The van der Waals surface area contributed by atoms with Crippen molar-refractivity contribution in [3.05, 3.63) is 0 Å². The maximum Gasteiger partial charge on any atom is 0.280 e. The zero-order valence-electron chi connectivity index (χ0n) is 5.73. The van der Waals surface area contributed by atoms with Gasteiger partial charge in [0.2, 0.25) is 0 Å². The van der Waals surface area contributed by atoms with Crippen LogP contribution in [0.1, 0.15) is 6.92 Å². The molecule has 1 saturated heterocycles. The van der Waals surface area contributed by atoms with Gasteiger partial charge in [-0.25, -0.2) is 8.78 Å². The molecule has 0 unspecified atom stereocenters. The van der Waals surface area contributed by atoms with Crippen LogP contribution in [0.15, 0.2) is 0 Å². The van der Waals surface area contributed by atoms with Gasteiger partial charge in [-0.05, 0) is 6.92 Å². The Hall–Kier alpha value is -0.220. The SMILES string of the molecule is C[C@]1(CO)COCC1(F)F. The third-order valence-electron chi connectivity index (χ3n) is 1.94. The van der Waals surface area contributed by atoms with Crippen molar-refractivity contribution < 1.29 is 18.6 Å². The van der Waals surface area contributed by atoms with E-state index >= 15 is 0 Å². The lowest BCUT2D eigenvalue weighted by Crippen LogP contribution is -2.40. The van der Waals surface area contributed by atoms with Gasteiger partial charge >= 0.3 is 0 Å². The molecule has 0 saturated carbocycles. The van der Waals surface area contributed by atoms with Crippen LogP contribution in [-0.2, 0) is 4.74 Å². The topological polar surface area (TPSA) is 29.5 Å². The number of hydrogen-bond acceptors (Lipinski definition) is 2. The van der Waals surface area contributed by atoms with E-state index in [-0.39, 0.29) is 6.61 Å². The summed E-state index contributed by atoms with van der Waals surface area (Å²) in [6.07, 6.45) is 0. The van der Waals surface area contributed by atoms with Crippen molar-refractivity contribution in [2.24, 2.45) is 5.41 Å². The maximum atomic E-state index is 12.7. The fourth-order valence-electron chi connectivity index (χ4n) is 0.846. The second-order valence-electron chi connectivity index (χ2n) is 2.92. The van der Waals surface area contributed by atoms with Crippen molar-refractivity contribution in [3.8, 4) is 0 Å². The number of alkyl halides is 2. The van der Waals surface area contributed by atoms with Gasteiger partial charge in [-0.1, -0.05) is 0 Å². The van der Waals surface area contributed by atoms with E-state index in [1.165, 1.54) is 6.92 Å². The highest BCUT2D eigenvalue weighted by Crippen LogP contribution is 2.41. The third-order valence-corrected chi connectivity index (χ3v) is 1.94. The molecule has 1 aliphatic rings. The van der Waals surface area contributed by atoms with Crippen LogP contribution in [0.5, 0.6) is 0 Å². The highest BCUT2D eigenvalue weighted by molar-refractivity contribution is 4.92. The van der Waals surface area contributed by atoms with Crippen LogP contribution in [-0.4, -0.2) is 30.8 Å². The molecule has 0 bridgehead atoms. The van der Waals surface area contributed by atoms with E-state index in [2.05, 4.69) is 4.74 Å². The Balaban J connectivity index is 2.76. The number of ether oxygens (including phenoxy) is 1. The molecule has 0 aromatic carbocycles. The number of aliphatic hydroxyl groups is 1. The summed E-state index contributed by atoms with van der Waals surface area (Å²) in [7, 11) is 0. The van der Waals surface area contributed by atoms with Gasteiger partial charge in [0.1, 0.15) is 6.61 Å². The first-order valence-corrected chi connectivity index (χ1v) is 3.08. The van der Waals surface area contributed by atoms with Crippen molar-refractivity contribution in [3.63, 3.8) is 0 Å².